The summed E-state index contributed by atoms with van der Waals surface area (Å²) in [7, 11) is 0. The maximum atomic E-state index is 8.91. The van der Waals surface area contributed by atoms with Crippen LogP contribution in [0.25, 0.3) is 0 Å². The standard InChI is InChI=1S/C14H24N6S2/c1-21-13(17)20(12-16)10-8-6-4-3-5-7-9-18-14(22-2)19-11-15/h17H,3-10H2,1-2H3,(H,18,19). The summed E-state index contributed by atoms with van der Waals surface area (Å²) in [6, 6.07) is 0. The molecule has 0 aliphatic carbocycles. The predicted molar refractivity (Wildman–Crippen MR) is 95.8 cm³/mol. The molecule has 0 amide bonds. The van der Waals surface area contributed by atoms with Gasteiger partial charge in [-0.1, -0.05) is 49.2 Å². The number of nitriles is 2. The Kier molecular flexibility index (Phi) is 13.6. The molecule has 0 atom stereocenters. The van der Waals surface area contributed by atoms with Crippen molar-refractivity contribution >= 4 is 33.9 Å². The van der Waals surface area contributed by atoms with Crippen LogP contribution in [0.5, 0.6) is 0 Å². The molecule has 0 rings (SSSR count). The van der Waals surface area contributed by atoms with Gasteiger partial charge < -0.3 is 5.32 Å². The first kappa shape index (κ1) is 20.6. The van der Waals surface area contributed by atoms with Crippen molar-refractivity contribution in [2.75, 3.05) is 25.6 Å². The molecule has 0 heterocycles. The molecule has 0 unspecified atom stereocenters. The fourth-order valence-electron chi connectivity index (χ4n) is 1.81. The van der Waals surface area contributed by atoms with Crippen molar-refractivity contribution in [1.29, 1.82) is 15.9 Å². The summed E-state index contributed by atoms with van der Waals surface area (Å²) in [5, 5.41) is 29.1. The van der Waals surface area contributed by atoms with E-state index in [1.165, 1.54) is 28.4 Å². The van der Waals surface area contributed by atoms with E-state index in [4.69, 9.17) is 15.9 Å². The molecule has 122 valence electrons. The number of nitrogens with one attached hydrogen (secondary N) is 2. The number of hydrogen-bond acceptors (Lipinski definition) is 6. The molecule has 0 fully saturated rings. The van der Waals surface area contributed by atoms with E-state index in [2.05, 4.69) is 10.3 Å². The molecule has 0 bridgehead atoms. The topological polar surface area (TPSA) is 99.1 Å². The molecule has 0 aliphatic rings. The fraction of sp³-hybridized carbons (Fsp3) is 0.714. The fourth-order valence-corrected chi connectivity index (χ4v) is 2.54. The molecule has 6 nitrogen and oxygen atoms in total. The van der Waals surface area contributed by atoms with Gasteiger partial charge in [-0.05, 0) is 25.4 Å². The zero-order valence-electron chi connectivity index (χ0n) is 13.3. The molecule has 0 aromatic rings. The Balaban J connectivity index is 3.52. The highest BCUT2D eigenvalue weighted by molar-refractivity contribution is 8.13. The van der Waals surface area contributed by atoms with Gasteiger partial charge in [0.25, 0.3) is 0 Å². The summed E-state index contributed by atoms with van der Waals surface area (Å²) in [6.45, 7) is 1.48. The van der Waals surface area contributed by atoms with Gasteiger partial charge in [-0.2, -0.15) is 10.5 Å². The van der Waals surface area contributed by atoms with Gasteiger partial charge >= 0.3 is 0 Å². The van der Waals surface area contributed by atoms with E-state index < -0.39 is 0 Å². The van der Waals surface area contributed by atoms with E-state index in [9.17, 15) is 0 Å². The van der Waals surface area contributed by atoms with Crippen LogP contribution in [0.4, 0.5) is 0 Å². The van der Waals surface area contributed by atoms with Gasteiger partial charge in [0.1, 0.15) is 0 Å². The molecular formula is C14H24N6S2. The highest BCUT2D eigenvalue weighted by Gasteiger charge is 2.06. The Labute approximate surface area is 141 Å². The molecule has 0 aliphatic heterocycles. The molecule has 0 radical (unpaired) electrons. The van der Waals surface area contributed by atoms with Crippen molar-refractivity contribution in [3.05, 3.63) is 0 Å². The molecule has 8 heteroatoms. The molecule has 22 heavy (non-hydrogen) atoms. The van der Waals surface area contributed by atoms with Crippen molar-refractivity contribution in [3.8, 4) is 12.4 Å². The minimum absolute atomic E-state index is 0.317. The summed E-state index contributed by atoms with van der Waals surface area (Å²) >= 11 is 2.74. The lowest BCUT2D eigenvalue weighted by Crippen LogP contribution is -2.23. The number of amidine groups is 2. The van der Waals surface area contributed by atoms with E-state index in [0.717, 1.165) is 45.1 Å². The van der Waals surface area contributed by atoms with Crippen LogP contribution < -0.4 is 5.32 Å². The molecule has 0 spiro atoms. The summed E-state index contributed by atoms with van der Waals surface area (Å²) in [4.78, 5) is 5.11. The van der Waals surface area contributed by atoms with Crippen LogP contribution in [-0.4, -0.2) is 40.8 Å². The summed E-state index contributed by atoms with van der Waals surface area (Å²) in [5.74, 6) is 0. The van der Waals surface area contributed by atoms with Crippen LogP contribution >= 0.6 is 23.5 Å². The Bertz CT molecular complexity index is 424. The minimum Gasteiger partial charge on any atom is -0.364 e. The average molecular weight is 341 g/mol. The zero-order chi connectivity index (χ0) is 16.6. The van der Waals surface area contributed by atoms with E-state index >= 15 is 0 Å². The summed E-state index contributed by atoms with van der Waals surface area (Å²) < 4.78 is 0. The van der Waals surface area contributed by atoms with E-state index in [1.807, 2.05) is 18.7 Å². The maximum absolute atomic E-state index is 8.91. The maximum Gasteiger partial charge on any atom is 0.208 e. The zero-order valence-corrected chi connectivity index (χ0v) is 14.9. The molecule has 0 aromatic heterocycles. The van der Waals surface area contributed by atoms with Crippen molar-refractivity contribution in [1.82, 2.24) is 10.2 Å². The van der Waals surface area contributed by atoms with Gasteiger partial charge in [0.15, 0.2) is 16.5 Å². The van der Waals surface area contributed by atoms with Crippen molar-refractivity contribution in [3.63, 3.8) is 0 Å². The Hall–Kier alpha value is -1.38. The van der Waals surface area contributed by atoms with Crippen LogP contribution in [0.1, 0.15) is 38.5 Å². The molecule has 0 saturated heterocycles. The van der Waals surface area contributed by atoms with Crippen LogP contribution in [0.15, 0.2) is 4.99 Å². The number of unbranched alkanes of at least 4 members (excludes halogenated alkanes) is 5. The van der Waals surface area contributed by atoms with Gasteiger partial charge in [0, 0.05) is 13.1 Å². The second-order valence-corrected chi connectivity index (χ2v) is 6.12. The normalized spacial score (nSPS) is 10.6. The lowest BCUT2D eigenvalue weighted by atomic mass is 10.1. The number of nitrogens with zero attached hydrogens (tertiary/aromatic N) is 4. The van der Waals surface area contributed by atoms with Crippen molar-refractivity contribution < 1.29 is 0 Å². The molecular weight excluding hydrogens is 316 g/mol. The van der Waals surface area contributed by atoms with Gasteiger partial charge in [0.05, 0.1) is 0 Å². The van der Waals surface area contributed by atoms with Gasteiger partial charge in [-0.3, -0.25) is 10.3 Å². The van der Waals surface area contributed by atoms with Gasteiger partial charge in [-0.15, -0.1) is 4.99 Å². The Morgan fingerprint density at radius 3 is 2.27 bits per heavy atom. The number of hydrogen-bond donors (Lipinski definition) is 2. The lowest BCUT2D eigenvalue weighted by Gasteiger charge is -2.14. The second kappa shape index (κ2) is 14.6. The van der Waals surface area contributed by atoms with Gasteiger partial charge in [-0.25, -0.2) is 0 Å². The first-order chi connectivity index (χ1) is 10.7. The SMILES string of the molecule is CSC(=N)N(C#N)CCCCCCCCNC(=NC#N)SC. The van der Waals surface area contributed by atoms with E-state index in [0.29, 0.717) is 16.9 Å². The predicted octanol–water partition coefficient (Wildman–Crippen LogP) is 3.20. The average Bonchev–Trinajstić information content (AvgIpc) is 2.55. The molecule has 0 saturated carbocycles. The third kappa shape index (κ3) is 10.4. The second-order valence-electron chi connectivity index (χ2n) is 4.53. The Morgan fingerprint density at radius 1 is 1.09 bits per heavy atom. The highest BCUT2D eigenvalue weighted by Crippen LogP contribution is 2.08. The minimum atomic E-state index is 0.317. The first-order valence-corrected chi connectivity index (χ1v) is 9.69. The van der Waals surface area contributed by atoms with Gasteiger partial charge in [0.2, 0.25) is 6.19 Å². The van der Waals surface area contributed by atoms with E-state index in [-0.39, 0.29) is 0 Å². The lowest BCUT2D eigenvalue weighted by molar-refractivity contribution is 0.513. The van der Waals surface area contributed by atoms with Crippen LogP contribution in [0.2, 0.25) is 0 Å². The van der Waals surface area contributed by atoms with Crippen LogP contribution in [-0.2, 0) is 0 Å². The van der Waals surface area contributed by atoms with Crippen molar-refractivity contribution in [2.45, 2.75) is 38.5 Å². The molecule has 0 aromatic carbocycles. The molecule has 2 N–H and O–H groups in total. The van der Waals surface area contributed by atoms with E-state index in [1.54, 1.807) is 6.19 Å². The van der Waals surface area contributed by atoms with Crippen molar-refractivity contribution in [2.24, 2.45) is 4.99 Å². The largest absolute Gasteiger partial charge is 0.364 e. The monoisotopic (exact) mass is 340 g/mol. The highest BCUT2D eigenvalue weighted by atomic mass is 32.2. The number of thioether (sulfide) groups is 2. The number of rotatable bonds is 9. The summed E-state index contributed by atoms with van der Waals surface area (Å²) in [6.07, 6.45) is 14.1. The Morgan fingerprint density at radius 2 is 1.73 bits per heavy atom. The van der Waals surface area contributed by atoms with Crippen LogP contribution in [0, 0.1) is 28.3 Å². The summed E-state index contributed by atoms with van der Waals surface area (Å²) in [5.41, 5.74) is 0. The smallest absolute Gasteiger partial charge is 0.208 e. The number of aliphatic imine (C=N–C) groups is 1. The third-order valence-corrected chi connectivity index (χ3v) is 4.22. The quantitative estimate of drug-likeness (QED) is 0.220. The van der Waals surface area contributed by atoms with Crippen LogP contribution in [0.3, 0.4) is 0 Å². The first-order valence-electron chi connectivity index (χ1n) is 7.24. The third-order valence-electron chi connectivity index (χ3n) is 2.99.